The minimum Gasteiger partial charge on any atom is -0.378 e. The van der Waals surface area contributed by atoms with Crippen LogP contribution in [0.4, 0.5) is 0 Å². The van der Waals surface area contributed by atoms with Crippen LogP contribution in [0, 0.1) is 6.07 Å². The molecule has 1 fully saturated rings. The van der Waals surface area contributed by atoms with E-state index in [0.717, 1.165) is 13.0 Å². The zero-order valence-electron chi connectivity index (χ0n) is 7.83. The molecule has 0 N–H and O–H groups in total. The predicted molar refractivity (Wildman–Crippen MR) is 52.6 cm³/mol. The summed E-state index contributed by atoms with van der Waals surface area (Å²) < 4.78 is 5.57. The minimum atomic E-state index is 0.518. The lowest BCUT2D eigenvalue weighted by Crippen LogP contribution is -2.05. The highest BCUT2D eigenvalue weighted by Crippen LogP contribution is 2.17. The van der Waals surface area contributed by atoms with E-state index in [-0.39, 0.29) is 0 Å². The van der Waals surface area contributed by atoms with E-state index in [1.54, 1.807) is 0 Å². The molecule has 1 aromatic rings. The van der Waals surface area contributed by atoms with Crippen LogP contribution in [0.25, 0.3) is 0 Å². The number of benzene rings is 1. The van der Waals surface area contributed by atoms with E-state index >= 15 is 0 Å². The SMILES string of the molecule is [c]1ccc(CCC2CCCO2)cc1. The number of rotatable bonds is 3. The van der Waals surface area contributed by atoms with Gasteiger partial charge in [-0.05, 0) is 37.3 Å². The first-order chi connectivity index (χ1) is 6.45. The summed E-state index contributed by atoms with van der Waals surface area (Å²) in [7, 11) is 0. The van der Waals surface area contributed by atoms with Crippen molar-refractivity contribution in [2.45, 2.75) is 31.8 Å². The van der Waals surface area contributed by atoms with Gasteiger partial charge in [0.15, 0.2) is 0 Å². The second-order valence-electron chi connectivity index (χ2n) is 3.58. The maximum absolute atomic E-state index is 5.57. The molecule has 1 radical (unpaired) electrons. The molecule has 1 heteroatoms. The average molecular weight is 175 g/mol. The Morgan fingerprint density at radius 1 is 1.38 bits per heavy atom. The molecule has 1 heterocycles. The smallest absolute Gasteiger partial charge is 0.0579 e. The van der Waals surface area contributed by atoms with Crippen molar-refractivity contribution in [2.24, 2.45) is 0 Å². The van der Waals surface area contributed by atoms with Crippen molar-refractivity contribution in [3.63, 3.8) is 0 Å². The molecule has 1 aromatic carbocycles. The van der Waals surface area contributed by atoms with E-state index in [0.29, 0.717) is 6.10 Å². The molecule has 0 saturated carbocycles. The topological polar surface area (TPSA) is 9.23 Å². The Kier molecular flexibility index (Phi) is 2.98. The van der Waals surface area contributed by atoms with Gasteiger partial charge in [-0.3, -0.25) is 0 Å². The summed E-state index contributed by atoms with van der Waals surface area (Å²) in [5, 5.41) is 0. The predicted octanol–water partition coefficient (Wildman–Crippen LogP) is 2.60. The molecule has 1 saturated heterocycles. The van der Waals surface area contributed by atoms with Crippen molar-refractivity contribution in [1.29, 1.82) is 0 Å². The molecule has 0 bridgehead atoms. The molecular weight excluding hydrogens is 160 g/mol. The molecule has 69 valence electrons. The highest BCUT2D eigenvalue weighted by Gasteiger charge is 2.14. The molecule has 1 unspecified atom stereocenters. The van der Waals surface area contributed by atoms with Crippen molar-refractivity contribution < 1.29 is 4.74 Å². The quantitative estimate of drug-likeness (QED) is 0.686. The monoisotopic (exact) mass is 175 g/mol. The van der Waals surface area contributed by atoms with Crippen molar-refractivity contribution in [1.82, 2.24) is 0 Å². The van der Waals surface area contributed by atoms with Crippen molar-refractivity contribution in [3.8, 4) is 0 Å². The van der Waals surface area contributed by atoms with Crippen LogP contribution in [0.15, 0.2) is 24.3 Å². The summed E-state index contributed by atoms with van der Waals surface area (Å²) in [6, 6.07) is 11.3. The van der Waals surface area contributed by atoms with Gasteiger partial charge in [-0.2, -0.15) is 0 Å². The summed E-state index contributed by atoms with van der Waals surface area (Å²) in [6.45, 7) is 0.966. The van der Waals surface area contributed by atoms with Gasteiger partial charge in [-0.25, -0.2) is 0 Å². The maximum Gasteiger partial charge on any atom is 0.0579 e. The summed E-state index contributed by atoms with van der Waals surface area (Å²) in [4.78, 5) is 0. The summed E-state index contributed by atoms with van der Waals surface area (Å²) in [5.41, 5.74) is 1.40. The largest absolute Gasteiger partial charge is 0.378 e. The maximum atomic E-state index is 5.57. The zero-order valence-corrected chi connectivity index (χ0v) is 7.83. The number of ether oxygens (including phenoxy) is 1. The fourth-order valence-corrected chi connectivity index (χ4v) is 1.79. The summed E-state index contributed by atoms with van der Waals surface area (Å²) in [6.07, 6.45) is 5.32. The second kappa shape index (κ2) is 4.43. The lowest BCUT2D eigenvalue weighted by atomic mass is 10.1. The third kappa shape index (κ3) is 2.56. The summed E-state index contributed by atoms with van der Waals surface area (Å²) in [5.74, 6) is 0. The van der Waals surface area contributed by atoms with Crippen LogP contribution in [0.1, 0.15) is 24.8 Å². The molecule has 1 atom stereocenters. The molecule has 13 heavy (non-hydrogen) atoms. The van der Waals surface area contributed by atoms with Gasteiger partial charge in [0, 0.05) is 6.61 Å². The average Bonchev–Trinajstić information content (AvgIpc) is 2.69. The number of hydrogen-bond acceptors (Lipinski definition) is 1. The lowest BCUT2D eigenvalue weighted by molar-refractivity contribution is 0.104. The second-order valence-corrected chi connectivity index (χ2v) is 3.58. The Morgan fingerprint density at radius 2 is 2.23 bits per heavy atom. The van der Waals surface area contributed by atoms with E-state index in [9.17, 15) is 0 Å². The van der Waals surface area contributed by atoms with Gasteiger partial charge in [0.2, 0.25) is 0 Å². The Hall–Kier alpha value is -0.820. The molecule has 0 aromatic heterocycles. The molecular formula is C12H15O. The number of hydrogen-bond donors (Lipinski definition) is 0. The van der Waals surface area contributed by atoms with Crippen LogP contribution in [-0.2, 0) is 11.2 Å². The van der Waals surface area contributed by atoms with E-state index in [1.165, 1.54) is 24.8 Å². The molecule has 0 aliphatic carbocycles. The van der Waals surface area contributed by atoms with Crippen molar-refractivity contribution >= 4 is 0 Å². The van der Waals surface area contributed by atoms with Gasteiger partial charge < -0.3 is 4.74 Å². The third-order valence-corrected chi connectivity index (χ3v) is 2.57. The Labute approximate surface area is 79.7 Å². The first-order valence-electron chi connectivity index (χ1n) is 5.02. The van der Waals surface area contributed by atoms with Crippen LogP contribution in [0.2, 0.25) is 0 Å². The first-order valence-corrected chi connectivity index (χ1v) is 5.02. The van der Waals surface area contributed by atoms with Gasteiger partial charge in [-0.15, -0.1) is 0 Å². The Morgan fingerprint density at radius 3 is 2.92 bits per heavy atom. The molecule has 0 amide bonds. The van der Waals surface area contributed by atoms with Crippen LogP contribution < -0.4 is 0 Å². The fraction of sp³-hybridized carbons (Fsp3) is 0.500. The van der Waals surface area contributed by atoms with Gasteiger partial charge >= 0.3 is 0 Å². The van der Waals surface area contributed by atoms with Crippen LogP contribution in [-0.4, -0.2) is 12.7 Å². The highest BCUT2D eigenvalue weighted by atomic mass is 16.5. The van der Waals surface area contributed by atoms with Gasteiger partial charge in [0.1, 0.15) is 0 Å². The van der Waals surface area contributed by atoms with Gasteiger partial charge in [0.25, 0.3) is 0 Å². The molecule has 1 aliphatic rings. The van der Waals surface area contributed by atoms with Crippen molar-refractivity contribution in [2.75, 3.05) is 6.61 Å². The molecule has 1 aliphatic heterocycles. The third-order valence-electron chi connectivity index (χ3n) is 2.57. The van der Waals surface area contributed by atoms with E-state index in [2.05, 4.69) is 18.2 Å². The highest BCUT2D eigenvalue weighted by molar-refractivity contribution is 5.13. The van der Waals surface area contributed by atoms with E-state index in [1.807, 2.05) is 12.1 Å². The molecule has 2 rings (SSSR count). The normalized spacial score (nSPS) is 22.0. The van der Waals surface area contributed by atoms with Gasteiger partial charge in [-0.1, -0.05) is 24.3 Å². The van der Waals surface area contributed by atoms with E-state index < -0.39 is 0 Å². The van der Waals surface area contributed by atoms with Gasteiger partial charge in [0.05, 0.1) is 6.10 Å². The van der Waals surface area contributed by atoms with Crippen LogP contribution >= 0.6 is 0 Å². The summed E-state index contributed by atoms with van der Waals surface area (Å²) >= 11 is 0. The van der Waals surface area contributed by atoms with Crippen LogP contribution in [0.3, 0.4) is 0 Å². The first kappa shape index (κ1) is 8.76. The zero-order chi connectivity index (χ0) is 8.93. The lowest BCUT2D eigenvalue weighted by Gasteiger charge is -2.08. The molecule has 1 nitrogen and oxygen atoms in total. The number of aryl methyl sites for hydroxylation is 1. The van der Waals surface area contributed by atoms with E-state index in [4.69, 9.17) is 4.74 Å². The minimum absolute atomic E-state index is 0.518. The standard InChI is InChI=1S/C12H15O/c1-2-5-11(6-3-1)8-9-12-7-4-10-13-12/h2-3,5-6,12H,4,7-10H2. The Balaban J connectivity index is 1.79. The Bertz CT molecular complexity index is 237. The molecule has 0 spiro atoms. The van der Waals surface area contributed by atoms with Crippen molar-refractivity contribution in [3.05, 3.63) is 35.9 Å². The van der Waals surface area contributed by atoms with Crippen LogP contribution in [0.5, 0.6) is 0 Å². The fourth-order valence-electron chi connectivity index (χ4n) is 1.79.